The van der Waals surface area contributed by atoms with E-state index >= 15 is 4.79 Å². The summed E-state index contributed by atoms with van der Waals surface area (Å²) in [6, 6.07) is 23.8. The molecule has 1 aromatic heterocycles. The number of hydrogen-bond donors (Lipinski definition) is 1. The van der Waals surface area contributed by atoms with Crippen LogP contribution in [0.2, 0.25) is 0 Å². The lowest BCUT2D eigenvalue weighted by Gasteiger charge is -2.37. The molecular weight excluding hydrogens is 819 g/mol. The molecule has 0 unspecified atom stereocenters. The quantitative estimate of drug-likeness (QED) is 0.113. The maximum Gasteiger partial charge on any atom is 0.435 e. The molecule has 0 spiro atoms. The second kappa shape index (κ2) is 18.9. The first-order valence-electron chi connectivity index (χ1n) is 22.1. The van der Waals surface area contributed by atoms with Crippen LogP contribution in [0.15, 0.2) is 78.9 Å². The SMILES string of the molecule is CC(C)(C)OC(=O)N(C(=O)OC(C)(C)C)c1nn(C(=O)OC(C)(C)C)c2ccc(CN3C(=O)N(CCCCO)[C@H](Cc4ccccc4)[C@@H]4OC(C)(C)O[C@H]4[C@H]3Cc3ccccc3)cc12. The number of amides is 4. The number of anilines is 1. The van der Waals surface area contributed by atoms with Gasteiger partial charge in [0.1, 0.15) is 29.0 Å². The number of urea groups is 1. The van der Waals surface area contributed by atoms with Crippen molar-refractivity contribution in [2.24, 2.45) is 0 Å². The molecule has 4 atom stereocenters. The fourth-order valence-electron chi connectivity index (χ4n) is 8.14. The van der Waals surface area contributed by atoms with E-state index in [1.807, 2.05) is 84.3 Å². The predicted octanol–water partition coefficient (Wildman–Crippen LogP) is 9.25. The summed E-state index contributed by atoms with van der Waals surface area (Å²) in [6.45, 7) is 19.3. The Balaban J connectivity index is 1.54. The first-order valence-corrected chi connectivity index (χ1v) is 22.1. The number of carbonyl (C=O) groups excluding carboxylic acids is 4. The average Bonchev–Trinajstić information content (AvgIpc) is 3.70. The van der Waals surface area contributed by atoms with Crippen LogP contribution in [0.5, 0.6) is 0 Å². The molecule has 64 heavy (non-hydrogen) atoms. The van der Waals surface area contributed by atoms with Crippen molar-refractivity contribution in [2.75, 3.05) is 18.1 Å². The molecule has 3 aromatic carbocycles. The van der Waals surface area contributed by atoms with Crippen LogP contribution in [0, 0.1) is 0 Å². The largest absolute Gasteiger partial charge is 0.443 e. The van der Waals surface area contributed by atoms with Gasteiger partial charge in [-0.25, -0.2) is 19.2 Å². The predicted molar refractivity (Wildman–Crippen MR) is 242 cm³/mol. The van der Waals surface area contributed by atoms with E-state index in [-0.39, 0.29) is 35.9 Å². The van der Waals surface area contributed by atoms with Gasteiger partial charge in [-0.1, -0.05) is 66.7 Å². The average molecular weight is 884 g/mol. The van der Waals surface area contributed by atoms with Gasteiger partial charge < -0.3 is 38.6 Å². The molecule has 3 heterocycles. The number of hydrogen-bond acceptors (Lipinski definition) is 11. The van der Waals surface area contributed by atoms with Crippen molar-refractivity contribution in [3.05, 3.63) is 95.6 Å². The molecule has 2 aliphatic rings. The molecule has 346 valence electrons. The highest BCUT2D eigenvalue weighted by atomic mass is 16.8. The Bertz CT molecular complexity index is 2250. The van der Waals surface area contributed by atoms with Crippen molar-refractivity contribution in [1.29, 1.82) is 0 Å². The maximum atomic E-state index is 15.5. The van der Waals surface area contributed by atoms with E-state index in [0.29, 0.717) is 42.7 Å². The van der Waals surface area contributed by atoms with Crippen molar-refractivity contribution >= 4 is 41.0 Å². The number of rotatable bonds is 11. The van der Waals surface area contributed by atoms with Crippen molar-refractivity contribution in [3.63, 3.8) is 0 Å². The van der Waals surface area contributed by atoms with Crippen LogP contribution < -0.4 is 4.90 Å². The zero-order valence-electron chi connectivity index (χ0n) is 39.1. The molecule has 2 fully saturated rings. The first-order chi connectivity index (χ1) is 29.9. The molecule has 2 saturated heterocycles. The molecule has 0 radical (unpaired) electrons. The Morgan fingerprint density at radius 2 is 1.20 bits per heavy atom. The highest BCUT2D eigenvalue weighted by Crippen LogP contribution is 2.41. The Hall–Kier alpha value is -5.51. The van der Waals surface area contributed by atoms with Crippen molar-refractivity contribution < 1.29 is 48.0 Å². The number of aromatic nitrogens is 2. The lowest BCUT2D eigenvalue weighted by Crippen LogP contribution is -2.52. The maximum absolute atomic E-state index is 15.5. The normalized spacial score (nSPS) is 20.2. The zero-order valence-corrected chi connectivity index (χ0v) is 39.1. The number of nitrogens with zero attached hydrogens (tertiary/aromatic N) is 5. The van der Waals surface area contributed by atoms with Crippen molar-refractivity contribution in [1.82, 2.24) is 19.6 Å². The molecule has 6 rings (SSSR count). The van der Waals surface area contributed by atoms with E-state index in [1.165, 1.54) is 0 Å². The zero-order chi connectivity index (χ0) is 46.8. The van der Waals surface area contributed by atoms with Gasteiger partial charge in [0.15, 0.2) is 11.6 Å². The molecule has 0 bridgehead atoms. The number of fused-ring (bicyclic) bond motifs is 2. The number of unbranched alkanes of at least 4 members (excludes halogenated alkanes) is 1. The molecule has 0 saturated carbocycles. The van der Waals surface area contributed by atoms with Crippen LogP contribution in [-0.2, 0) is 43.1 Å². The van der Waals surface area contributed by atoms with E-state index in [2.05, 4.69) is 5.10 Å². The van der Waals surface area contributed by atoms with Crippen molar-refractivity contribution in [3.8, 4) is 0 Å². The Morgan fingerprint density at radius 3 is 1.69 bits per heavy atom. The first kappa shape index (κ1) is 48.0. The standard InChI is InChI=1S/C49H65N5O10/c1-46(2,3)62-43(57)53(44(58)63-47(4,5)6)41-35-28-34(24-25-36(35)54(50-41)45(59)64-48(7,8)9)31-52-38(30-33-22-16-13-17-23-33)40-39(60-49(10,11)61-40)37(29-32-20-14-12-15-21-32)51(42(52)56)26-18-19-27-55/h12-17,20-25,28,37-40,55H,18-19,26-27,29-31H2,1-11H3/t37-,38-,39+,40+/m1/s1. The summed E-state index contributed by atoms with van der Waals surface area (Å²) in [5, 5.41) is 14.6. The summed E-state index contributed by atoms with van der Waals surface area (Å²) in [6.07, 6.45) is -2.08. The summed E-state index contributed by atoms with van der Waals surface area (Å²) >= 11 is 0. The molecule has 15 heteroatoms. The Morgan fingerprint density at radius 1 is 0.703 bits per heavy atom. The van der Waals surface area contributed by atoms with Crippen molar-refractivity contribution in [2.45, 2.75) is 155 Å². The van der Waals surface area contributed by atoms with E-state index in [0.717, 1.165) is 15.8 Å². The smallest absolute Gasteiger partial charge is 0.435 e. The monoisotopic (exact) mass is 883 g/mol. The fourth-order valence-corrected chi connectivity index (χ4v) is 8.14. The van der Waals surface area contributed by atoms with Crippen LogP contribution in [0.4, 0.5) is 25.0 Å². The van der Waals surface area contributed by atoms with Gasteiger partial charge in [0, 0.05) is 25.1 Å². The van der Waals surface area contributed by atoms with Crippen LogP contribution >= 0.6 is 0 Å². The minimum Gasteiger partial charge on any atom is -0.443 e. The number of aliphatic hydroxyl groups is 1. The topological polar surface area (TPSA) is 162 Å². The fraction of sp³-hybridized carbons (Fsp3) is 0.531. The van der Waals surface area contributed by atoms with Gasteiger partial charge in [0.25, 0.3) is 0 Å². The van der Waals surface area contributed by atoms with Gasteiger partial charge in [-0.15, -0.1) is 5.10 Å². The van der Waals surface area contributed by atoms with Gasteiger partial charge in [-0.2, -0.15) is 9.58 Å². The minimum absolute atomic E-state index is 0.0205. The molecule has 4 amide bonds. The third-order valence-corrected chi connectivity index (χ3v) is 10.6. The Kier molecular flexibility index (Phi) is 14.2. The number of imide groups is 1. The highest BCUT2D eigenvalue weighted by Gasteiger charge is 2.55. The molecule has 0 aliphatic carbocycles. The van der Waals surface area contributed by atoms with E-state index < -0.39 is 65.2 Å². The van der Waals surface area contributed by atoms with Gasteiger partial charge in [0.2, 0.25) is 0 Å². The summed E-state index contributed by atoms with van der Waals surface area (Å²) in [5.74, 6) is -1.20. The molecule has 4 aromatic rings. The van der Waals surface area contributed by atoms with Gasteiger partial charge in [-0.05, 0) is 131 Å². The summed E-state index contributed by atoms with van der Waals surface area (Å²) in [5.41, 5.74) is -0.0920. The summed E-state index contributed by atoms with van der Waals surface area (Å²) in [4.78, 5) is 61.8. The van der Waals surface area contributed by atoms with E-state index in [9.17, 15) is 19.5 Å². The highest BCUT2D eigenvalue weighted by molar-refractivity contribution is 6.14. The summed E-state index contributed by atoms with van der Waals surface area (Å²) in [7, 11) is 0. The van der Waals surface area contributed by atoms with E-state index in [1.54, 1.807) is 80.5 Å². The second-order valence-corrected chi connectivity index (χ2v) is 20.0. The Labute approximate surface area is 376 Å². The van der Waals surface area contributed by atoms with Crippen LogP contribution in [-0.4, -0.2) is 109 Å². The van der Waals surface area contributed by atoms with Gasteiger partial charge in [0.05, 0.1) is 17.6 Å². The molecular formula is C49H65N5O10. The van der Waals surface area contributed by atoms with Gasteiger partial charge in [-0.3, -0.25) is 0 Å². The van der Waals surface area contributed by atoms with Gasteiger partial charge >= 0.3 is 24.3 Å². The third-order valence-electron chi connectivity index (χ3n) is 10.6. The molecule has 1 N–H and O–H groups in total. The molecule has 2 aliphatic heterocycles. The lowest BCUT2D eigenvalue weighted by molar-refractivity contribution is -0.157. The third kappa shape index (κ3) is 11.8. The molecule has 15 nitrogen and oxygen atoms in total. The van der Waals surface area contributed by atoms with Crippen LogP contribution in [0.3, 0.4) is 0 Å². The lowest BCUT2D eigenvalue weighted by atomic mass is 9.91. The summed E-state index contributed by atoms with van der Waals surface area (Å²) < 4.78 is 31.8. The second-order valence-electron chi connectivity index (χ2n) is 20.0. The van der Waals surface area contributed by atoms with E-state index in [4.69, 9.17) is 23.7 Å². The minimum atomic E-state index is -1.07. The van der Waals surface area contributed by atoms with Crippen LogP contribution in [0.25, 0.3) is 10.9 Å². The number of aliphatic hydroxyl groups excluding tert-OH is 1. The van der Waals surface area contributed by atoms with Crippen LogP contribution in [0.1, 0.15) is 106 Å². The number of ether oxygens (including phenoxy) is 5. The number of carbonyl (C=O) groups is 4. The number of benzene rings is 3.